The van der Waals surface area contributed by atoms with Crippen LogP contribution in [0.5, 0.6) is 11.6 Å². The topological polar surface area (TPSA) is 78.7 Å². The maximum atomic E-state index is 12.6. The number of rotatable bonds is 9. The number of methoxy groups -OCH3 is 1. The van der Waals surface area contributed by atoms with Gasteiger partial charge in [-0.15, -0.1) is 5.10 Å². The Morgan fingerprint density at radius 3 is 2.32 bits per heavy atom. The molecule has 1 saturated carbocycles. The lowest BCUT2D eigenvalue weighted by Gasteiger charge is -2.29. The van der Waals surface area contributed by atoms with Gasteiger partial charge in [0.25, 0.3) is 0 Å². The van der Waals surface area contributed by atoms with E-state index in [4.69, 9.17) is 14.2 Å². The lowest BCUT2D eigenvalue weighted by Crippen LogP contribution is -2.25. The van der Waals surface area contributed by atoms with Crippen molar-refractivity contribution in [3.63, 3.8) is 0 Å². The van der Waals surface area contributed by atoms with Crippen LogP contribution in [0.25, 0.3) is 0 Å². The van der Waals surface area contributed by atoms with E-state index in [0.29, 0.717) is 18.3 Å². The fourth-order valence-electron chi connectivity index (χ4n) is 5.36. The molecule has 37 heavy (non-hydrogen) atoms. The Hall–Kier alpha value is -3.55. The van der Waals surface area contributed by atoms with Gasteiger partial charge in [0.2, 0.25) is 11.6 Å². The summed E-state index contributed by atoms with van der Waals surface area (Å²) in [5.74, 6) is 1.19. The minimum atomic E-state index is -0.509. The van der Waals surface area contributed by atoms with Gasteiger partial charge < -0.3 is 19.1 Å². The highest BCUT2D eigenvalue weighted by atomic mass is 16.5. The van der Waals surface area contributed by atoms with Crippen molar-refractivity contribution in [3.05, 3.63) is 65.4 Å². The number of hydrogen-bond acceptors (Lipinski definition) is 7. The fraction of sp³-hybridized carbons (Fsp3) is 0.483. The third-order valence-corrected chi connectivity index (χ3v) is 7.44. The van der Waals surface area contributed by atoms with Gasteiger partial charge in [-0.25, -0.2) is 9.48 Å². The van der Waals surface area contributed by atoms with E-state index in [0.717, 1.165) is 37.0 Å². The molecule has 0 bridgehead atoms. The molecule has 8 heteroatoms. The summed E-state index contributed by atoms with van der Waals surface area (Å²) in [7, 11) is 1.64. The average molecular weight is 505 g/mol. The Bertz CT molecular complexity index is 1160. The van der Waals surface area contributed by atoms with E-state index in [9.17, 15) is 4.79 Å². The van der Waals surface area contributed by atoms with E-state index < -0.39 is 5.97 Å². The number of hydrogen-bond donors (Lipinski definition) is 0. The van der Waals surface area contributed by atoms with E-state index in [-0.39, 0.29) is 18.4 Å². The van der Waals surface area contributed by atoms with Crippen molar-refractivity contribution >= 4 is 11.7 Å². The number of ether oxygens (including phenoxy) is 3. The SMILES string of the molecule is CCOC(=O)c1nnn(Cc2ccc(OC)cc2)c1O[C@H]1CC[C@@H](c2ccc(N3CCCC3)cc2)CC1. The fourth-order valence-corrected chi connectivity index (χ4v) is 5.36. The molecule has 1 aliphatic heterocycles. The Balaban J connectivity index is 1.25. The van der Waals surface area contributed by atoms with Crippen molar-refractivity contribution in [2.24, 2.45) is 0 Å². The third kappa shape index (κ3) is 5.89. The normalized spacial score (nSPS) is 19.6. The molecular formula is C29H36N4O4. The molecule has 1 aliphatic carbocycles. The molecule has 2 aromatic carbocycles. The quantitative estimate of drug-likeness (QED) is 0.370. The van der Waals surface area contributed by atoms with Crippen molar-refractivity contribution in [2.75, 3.05) is 31.7 Å². The Morgan fingerprint density at radius 2 is 1.68 bits per heavy atom. The Labute approximate surface area is 218 Å². The molecule has 5 rings (SSSR count). The van der Waals surface area contributed by atoms with Crippen LogP contribution in [0.3, 0.4) is 0 Å². The van der Waals surface area contributed by atoms with Gasteiger partial charge in [-0.05, 0) is 86.8 Å². The first-order valence-electron chi connectivity index (χ1n) is 13.4. The van der Waals surface area contributed by atoms with E-state index in [2.05, 4.69) is 39.5 Å². The zero-order chi connectivity index (χ0) is 25.6. The van der Waals surface area contributed by atoms with Crippen LogP contribution in [0.15, 0.2) is 48.5 Å². The molecule has 8 nitrogen and oxygen atoms in total. The van der Waals surface area contributed by atoms with Crippen LogP contribution in [-0.2, 0) is 11.3 Å². The van der Waals surface area contributed by atoms with Gasteiger partial charge in [-0.3, -0.25) is 0 Å². The molecule has 0 unspecified atom stereocenters. The van der Waals surface area contributed by atoms with Crippen molar-refractivity contribution < 1.29 is 19.0 Å². The van der Waals surface area contributed by atoms with Crippen molar-refractivity contribution in [3.8, 4) is 11.6 Å². The first kappa shape index (κ1) is 25.1. The highest BCUT2D eigenvalue weighted by Gasteiger charge is 2.29. The summed E-state index contributed by atoms with van der Waals surface area (Å²) < 4.78 is 18.5. The zero-order valence-corrected chi connectivity index (χ0v) is 21.8. The van der Waals surface area contributed by atoms with Crippen LogP contribution >= 0.6 is 0 Å². The maximum Gasteiger partial charge on any atom is 0.364 e. The molecule has 1 aromatic heterocycles. The number of carbonyl (C=O) groups is 1. The summed E-state index contributed by atoms with van der Waals surface area (Å²) in [4.78, 5) is 15.0. The summed E-state index contributed by atoms with van der Waals surface area (Å²) in [6, 6.07) is 16.9. The molecule has 0 N–H and O–H groups in total. The van der Waals surface area contributed by atoms with Gasteiger partial charge in [0.1, 0.15) is 11.9 Å². The molecule has 0 radical (unpaired) electrons. The first-order chi connectivity index (χ1) is 18.1. The van der Waals surface area contributed by atoms with Crippen LogP contribution < -0.4 is 14.4 Å². The zero-order valence-electron chi connectivity index (χ0n) is 21.8. The number of esters is 1. The molecule has 0 atom stereocenters. The molecule has 196 valence electrons. The second-order valence-corrected chi connectivity index (χ2v) is 9.85. The van der Waals surface area contributed by atoms with E-state index in [1.165, 1.54) is 37.2 Å². The summed E-state index contributed by atoms with van der Waals surface area (Å²) in [5, 5.41) is 8.35. The molecule has 0 spiro atoms. The van der Waals surface area contributed by atoms with E-state index in [1.807, 2.05) is 24.3 Å². The van der Waals surface area contributed by atoms with E-state index in [1.54, 1.807) is 18.7 Å². The predicted octanol–water partition coefficient (Wildman–Crippen LogP) is 5.22. The Morgan fingerprint density at radius 1 is 0.973 bits per heavy atom. The van der Waals surface area contributed by atoms with Gasteiger partial charge in [-0.2, -0.15) is 0 Å². The number of benzene rings is 2. The summed E-state index contributed by atoms with van der Waals surface area (Å²) >= 11 is 0. The number of carbonyl (C=O) groups excluding carboxylic acids is 1. The molecule has 2 heterocycles. The van der Waals surface area contributed by atoms with Crippen LogP contribution in [0.2, 0.25) is 0 Å². The smallest absolute Gasteiger partial charge is 0.364 e. The second-order valence-electron chi connectivity index (χ2n) is 9.85. The van der Waals surface area contributed by atoms with Gasteiger partial charge >= 0.3 is 5.97 Å². The molecule has 3 aromatic rings. The van der Waals surface area contributed by atoms with Crippen molar-refractivity contribution in [1.29, 1.82) is 0 Å². The van der Waals surface area contributed by atoms with Crippen LogP contribution in [0.1, 0.15) is 73.0 Å². The second kappa shape index (κ2) is 11.7. The first-order valence-corrected chi connectivity index (χ1v) is 13.4. The van der Waals surface area contributed by atoms with Crippen molar-refractivity contribution in [1.82, 2.24) is 15.0 Å². The summed E-state index contributed by atoms with van der Waals surface area (Å²) in [5.41, 5.74) is 3.88. The van der Waals surface area contributed by atoms with Crippen LogP contribution in [-0.4, -0.2) is 53.9 Å². The lowest BCUT2D eigenvalue weighted by atomic mass is 9.82. The van der Waals surface area contributed by atoms with Gasteiger partial charge in [0.15, 0.2) is 0 Å². The summed E-state index contributed by atoms with van der Waals surface area (Å²) in [6.07, 6.45) is 6.49. The number of aromatic nitrogens is 3. The van der Waals surface area contributed by atoms with E-state index >= 15 is 0 Å². The third-order valence-electron chi connectivity index (χ3n) is 7.44. The van der Waals surface area contributed by atoms with Crippen LogP contribution in [0.4, 0.5) is 5.69 Å². The van der Waals surface area contributed by atoms with Gasteiger partial charge in [0.05, 0.1) is 20.3 Å². The van der Waals surface area contributed by atoms with Gasteiger partial charge in [-0.1, -0.05) is 29.5 Å². The minimum absolute atomic E-state index is 0.00131. The van der Waals surface area contributed by atoms with Crippen molar-refractivity contribution in [2.45, 2.75) is 64.0 Å². The highest BCUT2D eigenvalue weighted by molar-refractivity contribution is 5.89. The monoisotopic (exact) mass is 504 g/mol. The Kier molecular flexibility index (Phi) is 7.92. The lowest BCUT2D eigenvalue weighted by molar-refractivity contribution is 0.0507. The number of nitrogens with zero attached hydrogens (tertiary/aromatic N) is 4. The minimum Gasteiger partial charge on any atom is -0.497 e. The molecule has 2 aliphatic rings. The predicted molar refractivity (Wildman–Crippen MR) is 142 cm³/mol. The molecular weight excluding hydrogens is 468 g/mol. The molecule has 1 saturated heterocycles. The highest BCUT2D eigenvalue weighted by Crippen LogP contribution is 2.36. The molecule has 2 fully saturated rings. The number of anilines is 1. The average Bonchev–Trinajstić information content (AvgIpc) is 3.61. The summed E-state index contributed by atoms with van der Waals surface area (Å²) in [6.45, 7) is 4.81. The maximum absolute atomic E-state index is 12.6. The molecule has 0 amide bonds. The van der Waals surface area contributed by atoms with Crippen LogP contribution in [0, 0.1) is 0 Å². The standard InChI is InChI=1S/C29H36N4O4/c1-3-36-29(34)27-28(33(31-30-27)20-21-6-14-25(35-2)15-7-21)37-26-16-10-23(11-17-26)22-8-12-24(13-9-22)32-18-4-5-19-32/h6-9,12-15,23,26H,3-5,10-11,16-20H2,1-2H3/t23-,26+. The largest absolute Gasteiger partial charge is 0.497 e. The van der Waals surface area contributed by atoms with Gasteiger partial charge in [0, 0.05) is 18.8 Å².